The Morgan fingerprint density at radius 1 is 1.11 bits per heavy atom. The molecule has 3 aliphatic rings. The predicted octanol–water partition coefficient (Wildman–Crippen LogP) is 4.14. The highest BCUT2D eigenvalue weighted by Gasteiger charge is 2.59. The second-order valence-corrected chi connectivity index (χ2v) is 8.12. The minimum absolute atomic E-state index is 0.139. The Labute approximate surface area is 125 Å². The molecule has 3 saturated carbocycles. The van der Waals surface area contributed by atoms with E-state index in [0.717, 1.165) is 5.92 Å². The van der Waals surface area contributed by atoms with Gasteiger partial charge in [-0.25, -0.2) is 0 Å². The van der Waals surface area contributed by atoms with Crippen molar-refractivity contribution in [3.8, 4) is 0 Å². The molecule has 3 aliphatic carbocycles. The first-order valence-corrected chi connectivity index (χ1v) is 8.48. The van der Waals surface area contributed by atoms with E-state index in [-0.39, 0.29) is 11.8 Å². The smallest absolute Gasteiger partial charge is 0.229 e. The molecule has 0 spiro atoms. The summed E-state index contributed by atoms with van der Waals surface area (Å²) in [5.74, 6) is 0.959. The molecule has 0 aromatic heterocycles. The maximum Gasteiger partial charge on any atom is 0.229 e. The third-order valence-corrected chi connectivity index (χ3v) is 5.94. The van der Waals surface area contributed by atoms with Crippen LogP contribution in [0.25, 0.3) is 0 Å². The second-order valence-electron chi connectivity index (χ2n) is 6.58. The number of hydrogen-bond acceptors (Lipinski definition) is 1. The molecule has 0 aromatic carbocycles. The summed E-state index contributed by atoms with van der Waals surface area (Å²) in [7, 11) is 0. The number of carbonyl (C=O) groups is 1. The van der Waals surface area contributed by atoms with Gasteiger partial charge in [0, 0.05) is 12.1 Å². The molecule has 4 heteroatoms. The first kappa shape index (κ1) is 14.0. The Morgan fingerprint density at radius 3 is 1.95 bits per heavy atom. The number of carbonyl (C=O) groups excluding carboxylic acids is 1. The highest BCUT2D eigenvalue weighted by molar-refractivity contribution is 6.52. The van der Waals surface area contributed by atoms with Crippen LogP contribution in [0.5, 0.6) is 0 Å². The normalized spacial score (nSPS) is 36.9. The van der Waals surface area contributed by atoms with E-state index in [4.69, 9.17) is 23.2 Å². The number of rotatable bonds is 4. The Bertz CT molecular complexity index is 359. The van der Waals surface area contributed by atoms with Crippen molar-refractivity contribution in [3.63, 3.8) is 0 Å². The van der Waals surface area contributed by atoms with Crippen LogP contribution in [-0.4, -0.2) is 27.2 Å². The minimum atomic E-state index is -0.773. The van der Waals surface area contributed by atoms with Gasteiger partial charge in [-0.2, -0.15) is 0 Å². The maximum atomic E-state index is 12.6. The molecular weight excluding hydrogens is 281 g/mol. The van der Waals surface area contributed by atoms with Crippen LogP contribution < -0.4 is 0 Å². The van der Waals surface area contributed by atoms with Gasteiger partial charge in [0.15, 0.2) is 0 Å². The van der Waals surface area contributed by atoms with Gasteiger partial charge in [0.05, 0.1) is 5.92 Å². The predicted molar refractivity (Wildman–Crippen MR) is 78.4 cm³/mol. The average molecular weight is 304 g/mol. The topological polar surface area (TPSA) is 20.3 Å². The zero-order valence-corrected chi connectivity index (χ0v) is 13.1. The van der Waals surface area contributed by atoms with Gasteiger partial charge >= 0.3 is 0 Å². The van der Waals surface area contributed by atoms with Gasteiger partial charge < -0.3 is 4.90 Å². The summed E-state index contributed by atoms with van der Waals surface area (Å²) in [4.78, 5) is 14.8. The van der Waals surface area contributed by atoms with Gasteiger partial charge in [-0.15, -0.1) is 23.2 Å². The SMILES string of the molecule is CCC1CCC(N(C(=O)[C@H]2CC2(Cl)Cl)C2CC2)CC1. The third-order valence-electron chi connectivity index (χ3n) is 5.11. The zero-order chi connectivity index (χ0) is 13.6. The van der Waals surface area contributed by atoms with Crippen LogP contribution in [0.1, 0.15) is 58.3 Å². The quantitative estimate of drug-likeness (QED) is 0.715. The van der Waals surface area contributed by atoms with Crippen LogP contribution in [0.15, 0.2) is 0 Å². The summed E-state index contributed by atoms with van der Waals surface area (Å²) < 4.78 is -0.773. The molecule has 19 heavy (non-hydrogen) atoms. The van der Waals surface area contributed by atoms with Gasteiger partial charge in [-0.1, -0.05) is 13.3 Å². The van der Waals surface area contributed by atoms with Gasteiger partial charge in [0.25, 0.3) is 0 Å². The largest absolute Gasteiger partial charge is 0.336 e. The number of halogens is 2. The first-order chi connectivity index (χ1) is 9.03. The lowest BCUT2D eigenvalue weighted by atomic mass is 9.83. The summed E-state index contributed by atoms with van der Waals surface area (Å²) in [6.07, 6.45) is 9.15. The third kappa shape index (κ3) is 2.90. The van der Waals surface area contributed by atoms with E-state index in [0.29, 0.717) is 18.5 Å². The van der Waals surface area contributed by atoms with Crippen LogP contribution in [0.3, 0.4) is 0 Å². The van der Waals surface area contributed by atoms with Crippen molar-refractivity contribution in [2.24, 2.45) is 11.8 Å². The van der Waals surface area contributed by atoms with E-state index in [1.165, 1.54) is 44.9 Å². The van der Waals surface area contributed by atoms with Crippen LogP contribution in [0.4, 0.5) is 0 Å². The van der Waals surface area contributed by atoms with E-state index in [1.54, 1.807) is 0 Å². The van der Waals surface area contributed by atoms with E-state index < -0.39 is 4.33 Å². The number of nitrogens with zero attached hydrogens (tertiary/aromatic N) is 1. The molecule has 0 heterocycles. The lowest BCUT2D eigenvalue weighted by molar-refractivity contribution is -0.136. The Balaban J connectivity index is 1.64. The summed E-state index contributed by atoms with van der Waals surface area (Å²) >= 11 is 12.1. The molecule has 0 unspecified atom stereocenters. The molecule has 1 amide bonds. The standard InChI is InChI=1S/C15H23Cl2NO/c1-2-10-3-5-11(6-4-10)18(12-7-8-12)14(19)13-9-15(13,16)17/h10-13H,2-9H2,1H3/t10?,11?,13-/m1/s1. The van der Waals surface area contributed by atoms with Crippen LogP contribution in [-0.2, 0) is 4.79 Å². The summed E-state index contributed by atoms with van der Waals surface area (Å²) in [5.41, 5.74) is 0. The van der Waals surface area contributed by atoms with Crippen LogP contribution >= 0.6 is 23.2 Å². The Kier molecular flexibility index (Phi) is 3.77. The van der Waals surface area contributed by atoms with Gasteiger partial charge in [0.2, 0.25) is 5.91 Å². The molecule has 1 atom stereocenters. The van der Waals surface area contributed by atoms with Gasteiger partial charge in [0.1, 0.15) is 4.33 Å². The second kappa shape index (κ2) is 5.11. The van der Waals surface area contributed by atoms with Crippen molar-refractivity contribution >= 4 is 29.1 Å². The molecule has 0 N–H and O–H groups in total. The minimum Gasteiger partial charge on any atom is -0.336 e. The zero-order valence-electron chi connectivity index (χ0n) is 11.6. The van der Waals surface area contributed by atoms with E-state index >= 15 is 0 Å². The lowest BCUT2D eigenvalue weighted by Crippen LogP contribution is -2.45. The molecule has 2 nitrogen and oxygen atoms in total. The Hall–Kier alpha value is 0.0500. The molecule has 3 fully saturated rings. The number of hydrogen-bond donors (Lipinski definition) is 0. The van der Waals surface area contributed by atoms with Crippen molar-refractivity contribution < 1.29 is 4.79 Å². The van der Waals surface area contributed by atoms with Crippen molar-refractivity contribution in [2.45, 2.75) is 74.7 Å². The molecule has 0 radical (unpaired) electrons. The molecule has 108 valence electrons. The first-order valence-electron chi connectivity index (χ1n) is 7.73. The van der Waals surface area contributed by atoms with Crippen molar-refractivity contribution in [2.75, 3.05) is 0 Å². The molecular formula is C15H23Cl2NO. The van der Waals surface area contributed by atoms with Crippen molar-refractivity contribution in [3.05, 3.63) is 0 Å². The van der Waals surface area contributed by atoms with E-state index in [1.807, 2.05) is 0 Å². The lowest BCUT2D eigenvalue weighted by Gasteiger charge is -2.37. The van der Waals surface area contributed by atoms with Gasteiger partial charge in [-0.3, -0.25) is 4.79 Å². The molecule has 0 bridgehead atoms. The summed E-state index contributed by atoms with van der Waals surface area (Å²) in [6, 6.07) is 0.938. The molecule has 0 aliphatic heterocycles. The molecule has 3 rings (SSSR count). The number of alkyl halides is 2. The van der Waals surface area contributed by atoms with Gasteiger partial charge in [-0.05, 0) is 50.9 Å². The van der Waals surface area contributed by atoms with Crippen molar-refractivity contribution in [1.29, 1.82) is 0 Å². The van der Waals surface area contributed by atoms with Crippen LogP contribution in [0.2, 0.25) is 0 Å². The monoisotopic (exact) mass is 303 g/mol. The molecule has 0 aromatic rings. The fourth-order valence-corrected chi connectivity index (χ4v) is 4.00. The summed E-state index contributed by atoms with van der Waals surface area (Å²) in [5, 5.41) is 0. The maximum absolute atomic E-state index is 12.6. The summed E-state index contributed by atoms with van der Waals surface area (Å²) in [6.45, 7) is 2.27. The van der Waals surface area contributed by atoms with Crippen molar-refractivity contribution in [1.82, 2.24) is 4.90 Å². The fourth-order valence-electron chi connectivity index (χ4n) is 3.50. The fraction of sp³-hybridized carbons (Fsp3) is 0.933. The number of amides is 1. The van der Waals surface area contributed by atoms with E-state index in [9.17, 15) is 4.79 Å². The van der Waals surface area contributed by atoms with E-state index in [2.05, 4.69) is 11.8 Å². The Morgan fingerprint density at radius 2 is 1.58 bits per heavy atom. The highest BCUT2D eigenvalue weighted by Crippen LogP contribution is 2.55. The molecule has 0 saturated heterocycles. The highest BCUT2D eigenvalue weighted by atomic mass is 35.5. The average Bonchev–Trinajstić information content (AvgIpc) is 3.29. The van der Waals surface area contributed by atoms with Crippen LogP contribution in [0, 0.1) is 11.8 Å².